The van der Waals surface area contributed by atoms with Crippen LogP contribution in [0.3, 0.4) is 0 Å². The minimum Gasteiger partial charge on any atom is -0.295 e. The lowest BCUT2D eigenvalue weighted by Gasteiger charge is -1.89. The zero-order valence-corrected chi connectivity index (χ0v) is 5.29. The molecule has 1 aromatic rings. The maximum absolute atomic E-state index is 10.6. The first-order valence-electron chi connectivity index (χ1n) is 2.86. The Morgan fingerprint density at radius 1 is 1.22 bits per heavy atom. The molecule has 0 fully saturated rings. The number of Topliss-reactive ketones (excluding diaryl/α,β-unsaturated/α-hetero) is 1. The third-order valence-electron chi connectivity index (χ3n) is 1.18. The Balaban J connectivity index is 2.98. The second-order valence-corrected chi connectivity index (χ2v) is 1.92. The van der Waals surface area contributed by atoms with Crippen LogP contribution in [0.2, 0.25) is 0 Å². The monoisotopic (exact) mass is 121 g/mol. The zero-order chi connectivity index (χ0) is 6.69. The topological polar surface area (TPSA) is 17.1 Å². The van der Waals surface area contributed by atoms with Crippen LogP contribution < -0.4 is 0 Å². The fourth-order valence-electron chi connectivity index (χ4n) is 0.673. The molecule has 1 heteroatoms. The Morgan fingerprint density at radius 3 is 2.11 bits per heavy atom. The van der Waals surface area contributed by atoms with Gasteiger partial charge in [-0.3, -0.25) is 4.79 Å². The fraction of sp³-hybridized carbons (Fsp3) is 0.125. The van der Waals surface area contributed by atoms with Crippen LogP contribution in [0.15, 0.2) is 30.3 Å². The Labute approximate surface area is 54.3 Å². The van der Waals surface area contributed by atoms with Gasteiger partial charge in [-0.1, -0.05) is 30.3 Å². The lowest BCUT2D eigenvalue weighted by atomic mass is 10.3. The van der Waals surface area contributed by atoms with Gasteiger partial charge in [0.25, 0.3) is 0 Å². The second kappa shape index (κ2) is 2.44. The van der Waals surface area contributed by atoms with Crippen LogP contribution in [0.5, 0.6) is 0 Å². The summed E-state index contributed by atoms with van der Waals surface area (Å²) in [7, 11) is 0. The van der Waals surface area contributed by atoms with Crippen molar-refractivity contribution >= 4 is 5.78 Å². The maximum atomic E-state index is 10.6. The van der Waals surface area contributed by atoms with E-state index in [1.807, 2.05) is 30.3 Å². The van der Waals surface area contributed by atoms with Gasteiger partial charge in [-0.05, 0) is 6.92 Å². The van der Waals surface area contributed by atoms with Crippen molar-refractivity contribution in [3.8, 4) is 0 Å². The standard InChI is InChI=1S/C8H8O/c1-7(9)8-5-3-2-4-6-8/h2-6H,1H3/i7+1. The first kappa shape index (κ1) is 6.02. The molecule has 9 heavy (non-hydrogen) atoms. The van der Waals surface area contributed by atoms with E-state index in [0.717, 1.165) is 5.56 Å². The molecule has 0 atom stereocenters. The summed E-state index contributed by atoms with van der Waals surface area (Å²) in [6.45, 7) is 1.56. The molecular weight excluding hydrogens is 113 g/mol. The first-order valence-corrected chi connectivity index (χ1v) is 2.86. The number of ketones is 1. The minimum absolute atomic E-state index is 0.121. The Bertz CT molecular complexity index is 201. The summed E-state index contributed by atoms with van der Waals surface area (Å²) in [4.78, 5) is 10.6. The van der Waals surface area contributed by atoms with Gasteiger partial charge in [0.05, 0.1) is 0 Å². The van der Waals surface area contributed by atoms with Crippen molar-refractivity contribution in [1.82, 2.24) is 0 Å². The smallest absolute Gasteiger partial charge is 0.159 e. The molecule has 0 aliphatic carbocycles. The predicted molar refractivity (Wildman–Crippen MR) is 36.4 cm³/mol. The molecule has 0 saturated carbocycles. The molecule has 46 valence electrons. The quantitative estimate of drug-likeness (QED) is 0.409. The summed E-state index contributed by atoms with van der Waals surface area (Å²) in [5.41, 5.74) is 0.775. The summed E-state index contributed by atoms with van der Waals surface area (Å²) in [5.74, 6) is 0.121. The largest absolute Gasteiger partial charge is 0.295 e. The number of carbonyl (C=O) groups is 1. The fourth-order valence-corrected chi connectivity index (χ4v) is 0.673. The highest BCUT2D eigenvalue weighted by Crippen LogP contribution is 1.97. The Hall–Kier alpha value is -1.11. The highest BCUT2D eigenvalue weighted by atomic mass is 16.2. The molecule has 0 N–H and O–H groups in total. The van der Waals surface area contributed by atoms with Crippen LogP contribution in [0.25, 0.3) is 0 Å². The second-order valence-electron chi connectivity index (χ2n) is 1.92. The van der Waals surface area contributed by atoms with Crippen LogP contribution in [-0.2, 0) is 0 Å². The van der Waals surface area contributed by atoms with Gasteiger partial charge >= 0.3 is 0 Å². The minimum atomic E-state index is 0.121. The van der Waals surface area contributed by atoms with E-state index in [1.54, 1.807) is 6.92 Å². The van der Waals surface area contributed by atoms with Gasteiger partial charge in [-0.2, -0.15) is 0 Å². The van der Waals surface area contributed by atoms with E-state index in [4.69, 9.17) is 0 Å². The number of rotatable bonds is 1. The molecule has 0 unspecified atom stereocenters. The van der Waals surface area contributed by atoms with Gasteiger partial charge in [0.1, 0.15) is 0 Å². The number of hydrogen-bond donors (Lipinski definition) is 0. The molecule has 0 bridgehead atoms. The summed E-state index contributed by atoms with van der Waals surface area (Å²) in [6, 6.07) is 9.23. The summed E-state index contributed by atoms with van der Waals surface area (Å²) >= 11 is 0. The molecule has 1 nitrogen and oxygen atoms in total. The summed E-state index contributed by atoms with van der Waals surface area (Å²) < 4.78 is 0. The molecule has 0 spiro atoms. The Kier molecular flexibility index (Phi) is 1.63. The van der Waals surface area contributed by atoms with Gasteiger partial charge in [0.15, 0.2) is 5.78 Å². The van der Waals surface area contributed by atoms with Crippen LogP contribution >= 0.6 is 0 Å². The molecule has 1 rings (SSSR count). The molecule has 0 saturated heterocycles. The van der Waals surface area contributed by atoms with Crippen molar-refractivity contribution < 1.29 is 4.79 Å². The van der Waals surface area contributed by atoms with E-state index in [1.165, 1.54) is 0 Å². The van der Waals surface area contributed by atoms with Gasteiger partial charge in [0.2, 0.25) is 0 Å². The van der Waals surface area contributed by atoms with Crippen molar-refractivity contribution in [2.45, 2.75) is 6.92 Å². The van der Waals surface area contributed by atoms with E-state index >= 15 is 0 Å². The van der Waals surface area contributed by atoms with Crippen molar-refractivity contribution in [2.75, 3.05) is 0 Å². The van der Waals surface area contributed by atoms with Crippen molar-refractivity contribution in [1.29, 1.82) is 0 Å². The molecule has 1 aromatic carbocycles. The third-order valence-corrected chi connectivity index (χ3v) is 1.18. The average Bonchev–Trinajstić information content (AvgIpc) is 1.90. The molecule has 0 amide bonds. The third kappa shape index (κ3) is 1.39. The normalized spacial score (nSPS) is 9.00. The molecule has 0 heterocycles. The molecule has 0 radical (unpaired) electrons. The van der Waals surface area contributed by atoms with Crippen molar-refractivity contribution in [2.24, 2.45) is 0 Å². The number of benzene rings is 1. The molecule has 0 aromatic heterocycles. The zero-order valence-electron chi connectivity index (χ0n) is 5.29. The van der Waals surface area contributed by atoms with Gasteiger partial charge < -0.3 is 0 Å². The van der Waals surface area contributed by atoms with E-state index in [2.05, 4.69) is 0 Å². The summed E-state index contributed by atoms with van der Waals surface area (Å²) in [5, 5.41) is 0. The SMILES string of the molecule is C[13C](=O)c1ccccc1. The predicted octanol–water partition coefficient (Wildman–Crippen LogP) is 1.89. The highest BCUT2D eigenvalue weighted by Gasteiger charge is 1.92. The maximum Gasteiger partial charge on any atom is 0.159 e. The van der Waals surface area contributed by atoms with Gasteiger partial charge in [-0.25, -0.2) is 0 Å². The van der Waals surface area contributed by atoms with Gasteiger partial charge in [0, 0.05) is 5.56 Å². The van der Waals surface area contributed by atoms with Crippen LogP contribution in [0.4, 0.5) is 0 Å². The molecule has 0 aliphatic heterocycles. The molecule has 0 aliphatic rings. The molecular formula is C8H8O. The van der Waals surface area contributed by atoms with E-state index in [9.17, 15) is 4.79 Å². The van der Waals surface area contributed by atoms with E-state index in [0.29, 0.717) is 0 Å². The van der Waals surface area contributed by atoms with Gasteiger partial charge in [-0.15, -0.1) is 0 Å². The lowest BCUT2D eigenvalue weighted by molar-refractivity contribution is 0.101. The average molecular weight is 121 g/mol. The summed E-state index contributed by atoms with van der Waals surface area (Å²) in [6.07, 6.45) is 0. The Morgan fingerprint density at radius 2 is 1.78 bits per heavy atom. The van der Waals surface area contributed by atoms with E-state index < -0.39 is 0 Å². The van der Waals surface area contributed by atoms with E-state index in [-0.39, 0.29) is 5.78 Å². The number of hydrogen-bond acceptors (Lipinski definition) is 1. The highest BCUT2D eigenvalue weighted by molar-refractivity contribution is 5.93. The van der Waals surface area contributed by atoms with Crippen molar-refractivity contribution in [3.63, 3.8) is 0 Å². The van der Waals surface area contributed by atoms with Crippen LogP contribution in [0, 0.1) is 0 Å². The van der Waals surface area contributed by atoms with Crippen LogP contribution in [-0.4, -0.2) is 5.78 Å². The number of carbonyl (C=O) groups excluding carboxylic acids is 1. The first-order chi connectivity index (χ1) is 4.30. The van der Waals surface area contributed by atoms with Crippen LogP contribution in [0.1, 0.15) is 17.3 Å². The van der Waals surface area contributed by atoms with Crippen molar-refractivity contribution in [3.05, 3.63) is 35.9 Å². The lowest BCUT2D eigenvalue weighted by Crippen LogP contribution is -1.88.